The van der Waals surface area contributed by atoms with Crippen LogP contribution in [-0.2, 0) is 9.59 Å². The Hall–Kier alpha value is -3.12. The van der Waals surface area contributed by atoms with Crippen molar-refractivity contribution in [2.45, 2.75) is 0 Å². The van der Waals surface area contributed by atoms with E-state index in [1.807, 2.05) is 18.2 Å². The lowest BCUT2D eigenvalue weighted by Gasteiger charge is -2.27. The molecule has 6 heteroatoms. The fraction of sp³-hybridized carbons (Fsp3) is 0.0500. The summed E-state index contributed by atoms with van der Waals surface area (Å²) in [4.78, 5) is 26.0. The first kappa shape index (κ1) is 17.7. The Bertz CT molecular complexity index is 935. The number of carbonyl (C=O) groups is 2. The number of amides is 2. The van der Waals surface area contributed by atoms with Crippen LogP contribution in [0.3, 0.4) is 0 Å². The lowest BCUT2D eigenvalue weighted by Crippen LogP contribution is -2.53. The molecule has 0 bridgehead atoms. The van der Waals surface area contributed by atoms with E-state index in [-0.39, 0.29) is 23.0 Å². The van der Waals surface area contributed by atoms with Crippen molar-refractivity contribution in [3.8, 4) is 11.1 Å². The van der Waals surface area contributed by atoms with Crippen molar-refractivity contribution in [2.24, 2.45) is 0 Å². The molecule has 0 aromatic heterocycles. The van der Waals surface area contributed by atoms with Crippen molar-refractivity contribution in [3.05, 3.63) is 78.1 Å². The standard InChI is InChI=1S/C20H15FN2O2S/c1-2-10-23-19(25)17(18(24)22-20(23)26)12-13-4-3-5-15(11-13)14-6-8-16(21)9-7-14/h2-9,11-12H,1,10H2,(H,22,24,26). The smallest absolute Gasteiger partial charge is 0.265 e. The van der Waals surface area contributed by atoms with Gasteiger partial charge in [-0.15, -0.1) is 6.58 Å². The van der Waals surface area contributed by atoms with Gasteiger partial charge in [-0.2, -0.15) is 0 Å². The zero-order chi connectivity index (χ0) is 18.7. The zero-order valence-corrected chi connectivity index (χ0v) is 14.6. The van der Waals surface area contributed by atoms with Gasteiger partial charge in [0.05, 0.1) is 0 Å². The van der Waals surface area contributed by atoms with Crippen molar-refractivity contribution < 1.29 is 14.0 Å². The molecule has 0 unspecified atom stereocenters. The van der Waals surface area contributed by atoms with Gasteiger partial charge in [0, 0.05) is 6.54 Å². The molecular formula is C20H15FN2O2S. The minimum atomic E-state index is -0.535. The summed E-state index contributed by atoms with van der Waals surface area (Å²) < 4.78 is 13.1. The first-order valence-corrected chi connectivity index (χ1v) is 8.26. The predicted molar refractivity (Wildman–Crippen MR) is 102 cm³/mol. The third-order valence-electron chi connectivity index (χ3n) is 3.87. The van der Waals surface area contributed by atoms with Crippen LogP contribution in [0, 0.1) is 5.82 Å². The maximum Gasteiger partial charge on any atom is 0.265 e. The summed E-state index contributed by atoms with van der Waals surface area (Å²) in [6.45, 7) is 3.80. The van der Waals surface area contributed by atoms with E-state index in [2.05, 4.69) is 11.9 Å². The Morgan fingerprint density at radius 2 is 1.85 bits per heavy atom. The summed E-state index contributed by atoms with van der Waals surface area (Å²) in [5, 5.41) is 2.57. The van der Waals surface area contributed by atoms with E-state index in [0.717, 1.165) is 11.1 Å². The first-order chi connectivity index (χ1) is 12.5. The molecule has 1 saturated heterocycles. The lowest BCUT2D eigenvalue weighted by atomic mass is 10.0. The molecule has 130 valence electrons. The number of hydrogen-bond acceptors (Lipinski definition) is 3. The number of nitrogens with one attached hydrogen (secondary N) is 1. The van der Waals surface area contributed by atoms with Gasteiger partial charge in [0.2, 0.25) is 0 Å². The van der Waals surface area contributed by atoms with Crippen LogP contribution >= 0.6 is 12.2 Å². The Kier molecular flexibility index (Phi) is 5.04. The topological polar surface area (TPSA) is 49.4 Å². The van der Waals surface area contributed by atoms with Crippen molar-refractivity contribution in [1.82, 2.24) is 10.2 Å². The molecule has 1 aliphatic heterocycles. The minimum absolute atomic E-state index is 0.00305. The van der Waals surface area contributed by atoms with Gasteiger partial charge >= 0.3 is 0 Å². The van der Waals surface area contributed by atoms with Gasteiger partial charge in [0.1, 0.15) is 11.4 Å². The summed E-state index contributed by atoms with van der Waals surface area (Å²) in [7, 11) is 0. The number of halogens is 1. The summed E-state index contributed by atoms with van der Waals surface area (Å²) in [6, 6.07) is 13.4. The van der Waals surface area contributed by atoms with Gasteiger partial charge < -0.3 is 0 Å². The van der Waals surface area contributed by atoms with E-state index in [4.69, 9.17) is 12.2 Å². The average Bonchev–Trinajstić information content (AvgIpc) is 2.63. The highest BCUT2D eigenvalue weighted by atomic mass is 32.1. The second-order valence-electron chi connectivity index (χ2n) is 5.65. The van der Waals surface area contributed by atoms with Crippen LogP contribution in [0.4, 0.5) is 4.39 Å². The summed E-state index contributed by atoms with van der Waals surface area (Å²) >= 11 is 5.03. The number of rotatable bonds is 4. The highest BCUT2D eigenvalue weighted by Crippen LogP contribution is 2.23. The van der Waals surface area contributed by atoms with Crippen LogP contribution in [0.25, 0.3) is 17.2 Å². The summed E-state index contributed by atoms with van der Waals surface area (Å²) in [6.07, 6.45) is 3.05. The normalized spacial score (nSPS) is 16.0. The van der Waals surface area contributed by atoms with Gasteiger partial charge in [-0.25, -0.2) is 4.39 Å². The zero-order valence-electron chi connectivity index (χ0n) is 13.7. The highest BCUT2D eigenvalue weighted by molar-refractivity contribution is 7.80. The molecule has 1 heterocycles. The van der Waals surface area contributed by atoms with Crippen LogP contribution in [0.1, 0.15) is 5.56 Å². The lowest BCUT2D eigenvalue weighted by molar-refractivity contribution is -0.128. The van der Waals surface area contributed by atoms with Crippen LogP contribution in [-0.4, -0.2) is 28.4 Å². The van der Waals surface area contributed by atoms with Crippen molar-refractivity contribution in [3.63, 3.8) is 0 Å². The molecule has 4 nitrogen and oxygen atoms in total. The number of benzene rings is 2. The molecule has 0 saturated carbocycles. The second-order valence-corrected chi connectivity index (χ2v) is 6.04. The molecule has 2 aromatic rings. The van der Waals surface area contributed by atoms with E-state index in [1.54, 1.807) is 18.2 Å². The third kappa shape index (κ3) is 3.60. The van der Waals surface area contributed by atoms with Crippen molar-refractivity contribution in [2.75, 3.05) is 6.54 Å². The number of hydrogen-bond donors (Lipinski definition) is 1. The molecular weight excluding hydrogens is 351 g/mol. The van der Waals surface area contributed by atoms with E-state index in [9.17, 15) is 14.0 Å². The van der Waals surface area contributed by atoms with Crippen LogP contribution in [0.2, 0.25) is 0 Å². The van der Waals surface area contributed by atoms with E-state index < -0.39 is 11.8 Å². The van der Waals surface area contributed by atoms with Crippen LogP contribution < -0.4 is 5.32 Å². The number of thiocarbonyl (C=S) groups is 1. The van der Waals surface area contributed by atoms with Gasteiger partial charge in [0.15, 0.2) is 5.11 Å². The summed E-state index contributed by atoms with van der Waals surface area (Å²) in [5.74, 6) is -1.31. The van der Waals surface area contributed by atoms with E-state index in [0.29, 0.717) is 5.56 Å². The molecule has 0 atom stereocenters. The van der Waals surface area contributed by atoms with Crippen LogP contribution in [0.5, 0.6) is 0 Å². The Balaban J connectivity index is 1.96. The largest absolute Gasteiger partial charge is 0.298 e. The highest BCUT2D eigenvalue weighted by Gasteiger charge is 2.32. The average molecular weight is 366 g/mol. The summed E-state index contributed by atoms with van der Waals surface area (Å²) in [5.41, 5.74) is 2.36. The first-order valence-electron chi connectivity index (χ1n) is 7.85. The molecule has 0 aliphatic carbocycles. The van der Waals surface area contributed by atoms with Gasteiger partial charge in [-0.1, -0.05) is 36.4 Å². The van der Waals surface area contributed by atoms with Crippen LogP contribution in [0.15, 0.2) is 66.8 Å². The molecule has 1 aliphatic rings. The molecule has 1 fully saturated rings. The molecule has 3 rings (SSSR count). The fourth-order valence-corrected chi connectivity index (χ4v) is 2.86. The maximum atomic E-state index is 13.1. The quantitative estimate of drug-likeness (QED) is 0.391. The second kappa shape index (κ2) is 7.41. The van der Waals surface area contributed by atoms with Gasteiger partial charge in [0.25, 0.3) is 11.8 Å². The molecule has 0 radical (unpaired) electrons. The molecule has 0 spiro atoms. The Morgan fingerprint density at radius 3 is 2.54 bits per heavy atom. The van der Waals surface area contributed by atoms with Gasteiger partial charge in [-0.05, 0) is 53.2 Å². The predicted octanol–water partition coefficient (Wildman–Crippen LogP) is 3.31. The van der Waals surface area contributed by atoms with Crippen molar-refractivity contribution >= 4 is 35.2 Å². The molecule has 1 N–H and O–H groups in total. The van der Waals surface area contributed by atoms with Crippen molar-refractivity contribution in [1.29, 1.82) is 0 Å². The number of carbonyl (C=O) groups excluding carboxylic acids is 2. The van der Waals surface area contributed by atoms with E-state index >= 15 is 0 Å². The SMILES string of the molecule is C=CCN1C(=O)C(=Cc2cccc(-c3ccc(F)cc3)c2)C(=O)NC1=S. The fourth-order valence-electron chi connectivity index (χ4n) is 2.61. The molecule has 2 aromatic carbocycles. The monoisotopic (exact) mass is 366 g/mol. The Labute approximate surface area is 155 Å². The molecule has 2 amide bonds. The third-order valence-corrected chi connectivity index (χ3v) is 4.20. The minimum Gasteiger partial charge on any atom is -0.298 e. The van der Waals surface area contributed by atoms with E-state index in [1.165, 1.54) is 29.2 Å². The maximum absolute atomic E-state index is 13.1. The van der Waals surface area contributed by atoms with Gasteiger partial charge in [-0.3, -0.25) is 19.8 Å². The molecule has 26 heavy (non-hydrogen) atoms. The Morgan fingerprint density at radius 1 is 1.12 bits per heavy atom. The number of nitrogens with zero attached hydrogens (tertiary/aromatic N) is 1.